The predicted molar refractivity (Wildman–Crippen MR) is 113 cm³/mol. The average Bonchev–Trinajstić information content (AvgIpc) is 2.97. The van der Waals surface area contributed by atoms with Gasteiger partial charge in [0.05, 0.1) is 18.1 Å². The maximum absolute atomic E-state index is 13.2. The third kappa shape index (κ3) is 7.78. The number of amides is 2. The lowest BCUT2D eigenvalue weighted by molar-refractivity contribution is -0.882. The zero-order valence-corrected chi connectivity index (χ0v) is 18.7. The summed E-state index contributed by atoms with van der Waals surface area (Å²) in [5, 5.41) is 2.93. The fraction of sp³-hybridized carbons (Fsp3) is 0.619. The molecule has 29 heavy (non-hydrogen) atoms. The summed E-state index contributed by atoms with van der Waals surface area (Å²) in [6.45, 7) is 9.08. The number of carbonyl (C=O) groups is 2. The second-order valence-electron chi connectivity index (χ2n) is 8.82. The van der Waals surface area contributed by atoms with Gasteiger partial charge in [0.25, 0.3) is 11.8 Å². The number of nitrogens with zero attached hydrogens (tertiary/aromatic N) is 1. The van der Waals surface area contributed by atoms with Gasteiger partial charge in [0, 0.05) is 18.1 Å². The first-order valence-corrected chi connectivity index (χ1v) is 12.0. The molecule has 2 atom stereocenters. The zero-order valence-electron chi connectivity index (χ0n) is 17.9. The van der Waals surface area contributed by atoms with Crippen LogP contribution < -0.4 is 10.2 Å². The largest absolute Gasteiger partial charge is 0.347 e. The first kappa shape index (κ1) is 23.3. The molecule has 0 aliphatic carbocycles. The number of quaternary nitrogens is 1. The summed E-state index contributed by atoms with van der Waals surface area (Å²) in [7, 11) is -3.10. The summed E-state index contributed by atoms with van der Waals surface area (Å²) in [5.74, 6) is -0.0804. The van der Waals surface area contributed by atoms with Gasteiger partial charge in [0.1, 0.15) is 0 Å². The van der Waals surface area contributed by atoms with Crippen LogP contribution in [0.5, 0.6) is 0 Å². The Bertz CT molecular complexity index is 803. The number of benzene rings is 1. The molecular weight excluding hydrogens is 390 g/mol. The number of hydrogen-bond donors (Lipinski definition) is 2. The van der Waals surface area contributed by atoms with Crippen LogP contribution in [0.2, 0.25) is 0 Å². The van der Waals surface area contributed by atoms with Gasteiger partial charge >= 0.3 is 0 Å². The minimum atomic E-state index is -3.10. The van der Waals surface area contributed by atoms with Crippen LogP contribution in [0.3, 0.4) is 0 Å². The van der Waals surface area contributed by atoms with E-state index < -0.39 is 9.84 Å². The van der Waals surface area contributed by atoms with E-state index in [-0.39, 0.29) is 48.0 Å². The van der Waals surface area contributed by atoms with E-state index in [4.69, 9.17) is 0 Å². The van der Waals surface area contributed by atoms with Crippen LogP contribution in [0.15, 0.2) is 30.3 Å². The van der Waals surface area contributed by atoms with Crippen LogP contribution in [0.4, 0.5) is 0 Å². The van der Waals surface area contributed by atoms with Gasteiger partial charge in [-0.25, -0.2) is 8.42 Å². The fourth-order valence-electron chi connectivity index (χ4n) is 3.54. The molecule has 1 saturated heterocycles. The molecule has 162 valence electrons. The average molecular weight is 425 g/mol. The number of sulfone groups is 1. The van der Waals surface area contributed by atoms with Crippen molar-refractivity contribution in [2.24, 2.45) is 0 Å². The van der Waals surface area contributed by atoms with Crippen molar-refractivity contribution in [2.75, 3.05) is 31.1 Å². The molecule has 0 bridgehead atoms. The van der Waals surface area contributed by atoms with Gasteiger partial charge in [0.15, 0.2) is 22.9 Å². The Hall–Kier alpha value is -1.93. The molecule has 1 aliphatic heterocycles. The lowest BCUT2D eigenvalue weighted by Crippen LogP contribution is -3.14. The van der Waals surface area contributed by atoms with Crippen molar-refractivity contribution >= 4 is 21.7 Å². The van der Waals surface area contributed by atoms with E-state index >= 15 is 0 Å². The maximum atomic E-state index is 13.2. The van der Waals surface area contributed by atoms with Crippen molar-refractivity contribution in [2.45, 2.75) is 52.2 Å². The van der Waals surface area contributed by atoms with E-state index in [0.717, 1.165) is 10.5 Å². The Morgan fingerprint density at radius 2 is 1.83 bits per heavy atom. The number of likely N-dealkylation sites (N-methyl/N-ethyl adjacent to an activating group) is 1. The molecule has 0 saturated carbocycles. The number of rotatable bonds is 8. The summed E-state index contributed by atoms with van der Waals surface area (Å²) in [6, 6.07) is 9.28. The Kier molecular flexibility index (Phi) is 7.82. The lowest BCUT2D eigenvalue weighted by atomic mass is 10.1. The summed E-state index contributed by atoms with van der Waals surface area (Å²) < 4.78 is 24.0. The van der Waals surface area contributed by atoms with Gasteiger partial charge in [-0.05, 0) is 39.7 Å². The van der Waals surface area contributed by atoms with E-state index in [0.29, 0.717) is 19.5 Å². The van der Waals surface area contributed by atoms with Crippen molar-refractivity contribution < 1.29 is 22.9 Å². The fourth-order valence-corrected chi connectivity index (χ4v) is 5.27. The zero-order chi connectivity index (χ0) is 21.7. The molecule has 8 heteroatoms. The minimum absolute atomic E-state index is 0.0115. The van der Waals surface area contributed by atoms with Crippen LogP contribution in [0, 0.1) is 0 Å². The van der Waals surface area contributed by atoms with Gasteiger partial charge in [-0.2, -0.15) is 0 Å². The number of hydrogen-bond acceptors (Lipinski definition) is 4. The van der Waals surface area contributed by atoms with Crippen LogP contribution in [-0.2, 0) is 26.0 Å². The van der Waals surface area contributed by atoms with Crippen LogP contribution in [0.25, 0.3) is 0 Å². The standard InChI is InChI=1S/C21H33N3O4S/c1-5-23(14-19(25)22-21(2,3)4)15-20(26)24(13-17-9-7-6-8-10-17)18-11-12-29(27,28)16-18/h6-10,18H,5,11-16H2,1-4H3,(H,22,25)/p+1/t18-/m0/s1. The van der Waals surface area contributed by atoms with Crippen molar-refractivity contribution in [1.29, 1.82) is 0 Å². The molecule has 2 amide bonds. The predicted octanol–water partition coefficient (Wildman–Crippen LogP) is 0.0218. The van der Waals surface area contributed by atoms with Gasteiger partial charge in [-0.1, -0.05) is 30.3 Å². The Balaban J connectivity index is 2.10. The Morgan fingerprint density at radius 3 is 2.34 bits per heavy atom. The van der Waals surface area contributed by atoms with Gasteiger partial charge < -0.3 is 15.1 Å². The smallest absolute Gasteiger partial charge is 0.278 e. The highest BCUT2D eigenvalue weighted by Gasteiger charge is 2.36. The molecule has 0 spiro atoms. The molecule has 2 rings (SSSR count). The van der Waals surface area contributed by atoms with Crippen LogP contribution >= 0.6 is 0 Å². The maximum Gasteiger partial charge on any atom is 0.278 e. The molecule has 1 aromatic carbocycles. The SMILES string of the molecule is CC[NH+](CC(=O)NC(C)(C)C)CC(=O)N(Cc1ccccc1)[C@H]1CCS(=O)(=O)C1. The van der Waals surface area contributed by atoms with Gasteiger partial charge in [-0.15, -0.1) is 0 Å². The lowest BCUT2D eigenvalue weighted by Gasteiger charge is -2.30. The third-order valence-electron chi connectivity index (χ3n) is 4.99. The minimum Gasteiger partial charge on any atom is -0.347 e. The van der Waals surface area contributed by atoms with E-state index in [1.165, 1.54) is 0 Å². The highest BCUT2D eigenvalue weighted by atomic mass is 32.2. The molecule has 1 unspecified atom stereocenters. The van der Waals surface area contributed by atoms with E-state index in [1.54, 1.807) is 4.90 Å². The molecule has 1 heterocycles. The summed E-state index contributed by atoms with van der Waals surface area (Å²) in [6.07, 6.45) is 0.465. The topological polar surface area (TPSA) is 88.0 Å². The summed E-state index contributed by atoms with van der Waals surface area (Å²) in [5.41, 5.74) is 0.644. The van der Waals surface area contributed by atoms with Crippen molar-refractivity contribution in [3.63, 3.8) is 0 Å². The van der Waals surface area contributed by atoms with Crippen molar-refractivity contribution in [1.82, 2.24) is 10.2 Å². The number of carbonyl (C=O) groups excluding carboxylic acids is 2. The van der Waals surface area contributed by atoms with Crippen LogP contribution in [-0.4, -0.2) is 67.9 Å². The van der Waals surface area contributed by atoms with Crippen molar-refractivity contribution in [3.05, 3.63) is 35.9 Å². The highest BCUT2D eigenvalue weighted by molar-refractivity contribution is 7.91. The van der Waals surface area contributed by atoms with E-state index in [9.17, 15) is 18.0 Å². The van der Waals surface area contributed by atoms with Gasteiger partial charge in [0.2, 0.25) is 0 Å². The number of nitrogens with one attached hydrogen (secondary N) is 2. The second-order valence-corrected chi connectivity index (χ2v) is 11.0. The summed E-state index contributed by atoms with van der Waals surface area (Å²) in [4.78, 5) is 28.0. The molecule has 2 N–H and O–H groups in total. The molecule has 1 fully saturated rings. The first-order chi connectivity index (χ1) is 13.5. The molecular formula is C21H34N3O4S+. The summed E-state index contributed by atoms with van der Waals surface area (Å²) >= 11 is 0. The highest BCUT2D eigenvalue weighted by Crippen LogP contribution is 2.20. The normalized spacial score (nSPS) is 19.5. The Labute approximate surface area is 174 Å². The van der Waals surface area contributed by atoms with Crippen LogP contribution in [0.1, 0.15) is 39.7 Å². The first-order valence-electron chi connectivity index (χ1n) is 10.2. The third-order valence-corrected chi connectivity index (χ3v) is 6.74. The molecule has 0 radical (unpaired) electrons. The van der Waals surface area contributed by atoms with E-state index in [1.807, 2.05) is 58.0 Å². The molecule has 7 nitrogen and oxygen atoms in total. The monoisotopic (exact) mass is 424 g/mol. The Morgan fingerprint density at radius 1 is 1.17 bits per heavy atom. The van der Waals surface area contributed by atoms with Gasteiger partial charge in [-0.3, -0.25) is 9.59 Å². The molecule has 1 aliphatic rings. The quantitative estimate of drug-likeness (QED) is 0.616. The van der Waals surface area contributed by atoms with Crippen molar-refractivity contribution in [3.8, 4) is 0 Å². The van der Waals surface area contributed by atoms with E-state index in [2.05, 4.69) is 5.32 Å². The second kappa shape index (κ2) is 9.71. The molecule has 0 aromatic heterocycles. The molecule has 1 aromatic rings.